The number of aliphatic hydroxyl groups is 1. The van der Waals surface area contributed by atoms with Crippen molar-refractivity contribution in [1.29, 1.82) is 0 Å². The summed E-state index contributed by atoms with van der Waals surface area (Å²) in [4.78, 5) is 34.1. The summed E-state index contributed by atoms with van der Waals surface area (Å²) in [5, 5.41) is 9.25. The Kier molecular flexibility index (Phi) is 3.89. The average molecular weight is 331 g/mol. The molecule has 0 bridgehead atoms. The topological polar surface area (TPSA) is 136 Å². The van der Waals surface area contributed by atoms with Crippen LogP contribution in [0.5, 0.6) is 0 Å². The van der Waals surface area contributed by atoms with Gasteiger partial charge in [-0.15, -0.1) is 0 Å². The number of imidazole rings is 1. The molecule has 22 heavy (non-hydrogen) atoms. The molecule has 120 valence electrons. The van der Waals surface area contributed by atoms with Gasteiger partial charge in [-0.2, -0.15) is 0 Å². The van der Waals surface area contributed by atoms with Crippen LogP contribution in [-0.4, -0.2) is 47.7 Å². The van der Waals surface area contributed by atoms with Crippen molar-refractivity contribution in [1.82, 2.24) is 14.0 Å². The first kappa shape index (κ1) is 15.3. The first-order chi connectivity index (χ1) is 10.4. The van der Waals surface area contributed by atoms with Gasteiger partial charge in [-0.25, -0.2) is 14.3 Å². The minimum atomic E-state index is -4.72. The van der Waals surface area contributed by atoms with E-state index in [1.807, 2.05) is 0 Å². The van der Waals surface area contributed by atoms with Gasteiger partial charge in [0.05, 0.1) is 6.61 Å². The van der Waals surface area contributed by atoms with Crippen LogP contribution in [0.4, 0.5) is 0 Å². The third-order valence-corrected chi connectivity index (χ3v) is 3.97. The standard InChI is InChI=1S/C11H14N3O7P/c15-6-8-7(21-22(17,18)19)5-10(20-8)14-3-1-9-12-2-4-13(9)11(14)16/h1-4,7-8,10,15H,5-6H2,(H2,17,18,19)/t7-,8+,10?/m0/s1. The zero-order valence-corrected chi connectivity index (χ0v) is 12.1. The third kappa shape index (κ3) is 2.84. The fourth-order valence-corrected chi connectivity index (χ4v) is 3.05. The van der Waals surface area contributed by atoms with Crippen LogP contribution in [0.2, 0.25) is 0 Å². The summed E-state index contributed by atoms with van der Waals surface area (Å²) >= 11 is 0. The van der Waals surface area contributed by atoms with E-state index in [9.17, 15) is 14.5 Å². The Morgan fingerprint density at radius 1 is 1.45 bits per heavy atom. The van der Waals surface area contributed by atoms with Crippen LogP contribution in [0.3, 0.4) is 0 Å². The van der Waals surface area contributed by atoms with Crippen molar-refractivity contribution in [2.45, 2.75) is 24.9 Å². The van der Waals surface area contributed by atoms with E-state index in [4.69, 9.17) is 14.5 Å². The van der Waals surface area contributed by atoms with Gasteiger partial charge in [0.1, 0.15) is 24.1 Å². The summed E-state index contributed by atoms with van der Waals surface area (Å²) in [6.07, 6.45) is 1.74. The quantitative estimate of drug-likeness (QED) is 0.623. The molecular formula is C11H14N3O7P. The van der Waals surface area contributed by atoms with Crippen molar-refractivity contribution >= 4 is 13.5 Å². The minimum absolute atomic E-state index is 0.0243. The van der Waals surface area contributed by atoms with Crippen LogP contribution in [0.25, 0.3) is 5.65 Å². The van der Waals surface area contributed by atoms with E-state index in [1.54, 1.807) is 6.07 Å². The molecule has 1 saturated heterocycles. The summed E-state index contributed by atoms with van der Waals surface area (Å²) in [7, 11) is -4.72. The lowest BCUT2D eigenvalue weighted by atomic mass is 10.2. The number of ether oxygens (including phenoxy) is 1. The van der Waals surface area contributed by atoms with E-state index in [-0.39, 0.29) is 6.42 Å². The Morgan fingerprint density at radius 3 is 2.91 bits per heavy atom. The highest BCUT2D eigenvalue weighted by molar-refractivity contribution is 7.46. The number of phosphoric acid groups is 1. The number of hydrogen-bond donors (Lipinski definition) is 3. The zero-order chi connectivity index (χ0) is 15.9. The van der Waals surface area contributed by atoms with Crippen molar-refractivity contribution in [3.63, 3.8) is 0 Å². The Balaban J connectivity index is 1.90. The Labute approximate surface area is 123 Å². The fourth-order valence-electron chi connectivity index (χ4n) is 2.48. The highest BCUT2D eigenvalue weighted by Crippen LogP contribution is 2.43. The van der Waals surface area contributed by atoms with Gasteiger partial charge < -0.3 is 19.6 Å². The molecule has 1 aliphatic rings. The summed E-state index contributed by atoms with van der Waals surface area (Å²) in [6, 6.07) is 1.61. The number of rotatable bonds is 4. The number of aromatic nitrogens is 3. The molecule has 1 unspecified atom stereocenters. The van der Waals surface area contributed by atoms with Crippen LogP contribution >= 0.6 is 7.82 Å². The Morgan fingerprint density at radius 2 is 2.23 bits per heavy atom. The molecule has 2 aromatic heterocycles. The molecule has 0 amide bonds. The maximum absolute atomic E-state index is 12.3. The van der Waals surface area contributed by atoms with Crippen LogP contribution in [0.1, 0.15) is 12.6 Å². The largest absolute Gasteiger partial charge is 0.469 e. The second-order valence-corrected chi connectivity index (χ2v) is 6.03. The molecule has 0 aromatic carbocycles. The maximum atomic E-state index is 12.3. The Bertz CT molecular complexity index is 781. The number of aliphatic hydroxyl groups excluding tert-OH is 1. The molecule has 0 radical (unpaired) electrons. The molecule has 2 aromatic rings. The SMILES string of the molecule is O=c1n(C2C[C@H](OP(=O)(O)O)[C@@H](CO)O2)ccc2nccn12. The number of phosphoric ester groups is 1. The van der Waals surface area contributed by atoms with Gasteiger partial charge in [0.25, 0.3) is 0 Å². The predicted molar refractivity (Wildman–Crippen MR) is 72.0 cm³/mol. The van der Waals surface area contributed by atoms with E-state index in [1.165, 1.54) is 27.6 Å². The van der Waals surface area contributed by atoms with Gasteiger partial charge >= 0.3 is 13.5 Å². The van der Waals surface area contributed by atoms with Gasteiger partial charge in [-0.05, 0) is 6.07 Å². The molecule has 1 fully saturated rings. The van der Waals surface area contributed by atoms with Crippen molar-refractivity contribution in [3.8, 4) is 0 Å². The fraction of sp³-hybridized carbons (Fsp3) is 0.455. The first-order valence-electron chi connectivity index (χ1n) is 6.43. The second kappa shape index (κ2) is 5.58. The molecule has 3 N–H and O–H groups in total. The van der Waals surface area contributed by atoms with Gasteiger partial charge in [0, 0.05) is 25.0 Å². The first-order valence-corrected chi connectivity index (χ1v) is 7.96. The van der Waals surface area contributed by atoms with Crippen LogP contribution < -0.4 is 5.69 Å². The van der Waals surface area contributed by atoms with Gasteiger partial charge in [0.15, 0.2) is 0 Å². The lowest BCUT2D eigenvalue weighted by Gasteiger charge is -2.16. The molecule has 0 aliphatic carbocycles. The molecule has 0 spiro atoms. The molecule has 3 atom stereocenters. The predicted octanol–water partition coefficient (Wildman–Crippen LogP) is -0.746. The van der Waals surface area contributed by atoms with Gasteiger partial charge in [-0.3, -0.25) is 13.5 Å². The van der Waals surface area contributed by atoms with Crippen LogP contribution in [0.15, 0.2) is 29.5 Å². The summed E-state index contributed by atoms with van der Waals surface area (Å²) in [5.41, 5.74) is 0.0643. The minimum Gasteiger partial charge on any atom is -0.394 e. The van der Waals surface area contributed by atoms with E-state index >= 15 is 0 Å². The van der Waals surface area contributed by atoms with E-state index in [2.05, 4.69) is 9.51 Å². The van der Waals surface area contributed by atoms with E-state index in [0.717, 1.165) is 0 Å². The molecular weight excluding hydrogens is 317 g/mol. The highest BCUT2D eigenvalue weighted by Gasteiger charge is 2.40. The summed E-state index contributed by atoms with van der Waals surface area (Å²) < 4.78 is 23.6. The van der Waals surface area contributed by atoms with Gasteiger partial charge in [-0.1, -0.05) is 0 Å². The van der Waals surface area contributed by atoms with Crippen molar-refractivity contribution in [3.05, 3.63) is 35.1 Å². The zero-order valence-electron chi connectivity index (χ0n) is 11.2. The molecule has 0 saturated carbocycles. The molecule has 1 aliphatic heterocycles. The van der Waals surface area contributed by atoms with Crippen molar-refractivity contribution in [2.75, 3.05) is 6.61 Å². The van der Waals surface area contributed by atoms with Crippen LogP contribution in [0, 0.1) is 0 Å². The van der Waals surface area contributed by atoms with E-state index in [0.29, 0.717) is 5.65 Å². The van der Waals surface area contributed by atoms with Crippen molar-refractivity contribution in [2.24, 2.45) is 0 Å². The third-order valence-electron chi connectivity index (χ3n) is 3.42. The summed E-state index contributed by atoms with van der Waals surface area (Å²) in [6.45, 7) is -0.483. The molecule has 10 nitrogen and oxygen atoms in total. The maximum Gasteiger partial charge on any atom is 0.469 e. The smallest absolute Gasteiger partial charge is 0.394 e. The second-order valence-electron chi connectivity index (χ2n) is 4.84. The van der Waals surface area contributed by atoms with Crippen molar-refractivity contribution < 1.29 is 28.7 Å². The van der Waals surface area contributed by atoms with E-state index < -0.39 is 38.6 Å². The molecule has 11 heteroatoms. The Hall–Kier alpha value is -1.55. The molecule has 3 rings (SSSR count). The van der Waals surface area contributed by atoms with Gasteiger partial charge in [0.2, 0.25) is 0 Å². The highest BCUT2D eigenvalue weighted by atomic mass is 31.2. The normalized spacial score (nSPS) is 25.9. The number of fused-ring (bicyclic) bond motifs is 1. The molecule has 3 heterocycles. The lowest BCUT2D eigenvalue weighted by molar-refractivity contribution is -0.0453. The lowest BCUT2D eigenvalue weighted by Crippen LogP contribution is -2.29. The number of nitrogens with zero attached hydrogens (tertiary/aromatic N) is 3. The van der Waals surface area contributed by atoms with Crippen LogP contribution in [-0.2, 0) is 13.8 Å². The number of hydrogen-bond acceptors (Lipinski definition) is 6. The monoisotopic (exact) mass is 331 g/mol. The summed E-state index contributed by atoms with van der Waals surface area (Å²) in [5.74, 6) is 0. The average Bonchev–Trinajstić information content (AvgIpc) is 3.04.